The Morgan fingerprint density at radius 3 is 0.847 bits per heavy atom. The lowest BCUT2D eigenvalue weighted by Crippen LogP contribution is -2.45. The molecule has 4 heteroatoms. The van der Waals surface area contributed by atoms with Crippen LogP contribution in [-0.4, -0.2) is 34.9 Å². The van der Waals surface area contributed by atoms with Crippen LogP contribution in [0.5, 0.6) is 0 Å². The summed E-state index contributed by atoms with van der Waals surface area (Å²) in [5.41, 5.74) is 0. The zero-order chi connectivity index (χ0) is 52.0. The van der Waals surface area contributed by atoms with Crippen molar-refractivity contribution in [3.05, 3.63) is 36.5 Å². The number of aliphatic hydroxyl groups excluding tert-OH is 2. The van der Waals surface area contributed by atoms with Gasteiger partial charge in [-0.3, -0.25) is 4.79 Å². The third kappa shape index (κ3) is 59.5. The summed E-state index contributed by atoms with van der Waals surface area (Å²) in [6, 6.07) is -0.537. The van der Waals surface area contributed by atoms with Gasteiger partial charge in [0.2, 0.25) is 5.91 Å². The van der Waals surface area contributed by atoms with Crippen LogP contribution in [0.4, 0.5) is 0 Å². The van der Waals surface area contributed by atoms with Gasteiger partial charge in [0.25, 0.3) is 0 Å². The third-order valence-electron chi connectivity index (χ3n) is 15.7. The molecule has 426 valence electrons. The molecule has 0 bridgehead atoms. The smallest absolute Gasteiger partial charge is 0.220 e. The molecule has 0 aromatic rings. The van der Waals surface area contributed by atoms with Gasteiger partial charge >= 0.3 is 0 Å². The second-order valence-corrected chi connectivity index (χ2v) is 22.9. The Morgan fingerprint density at radius 1 is 0.333 bits per heavy atom. The van der Waals surface area contributed by atoms with E-state index in [0.717, 1.165) is 38.5 Å². The van der Waals surface area contributed by atoms with E-state index in [-0.39, 0.29) is 12.5 Å². The summed E-state index contributed by atoms with van der Waals surface area (Å²) in [4.78, 5) is 12.5. The fraction of sp³-hybridized carbons (Fsp3) is 0.897. The lowest BCUT2D eigenvalue weighted by atomic mass is 10.0. The average Bonchev–Trinajstić information content (AvgIpc) is 3.39. The minimum Gasteiger partial charge on any atom is -0.394 e. The van der Waals surface area contributed by atoms with Gasteiger partial charge in [0.05, 0.1) is 18.8 Å². The maximum absolute atomic E-state index is 12.5. The van der Waals surface area contributed by atoms with Crippen molar-refractivity contribution in [2.75, 3.05) is 6.61 Å². The summed E-state index contributed by atoms with van der Waals surface area (Å²) in [7, 11) is 0. The Hall–Kier alpha value is -1.39. The Labute approximate surface area is 452 Å². The van der Waals surface area contributed by atoms with E-state index in [1.807, 2.05) is 0 Å². The van der Waals surface area contributed by atoms with Crippen LogP contribution >= 0.6 is 0 Å². The van der Waals surface area contributed by atoms with E-state index in [2.05, 4.69) is 55.6 Å². The van der Waals surface area contributed by atoms with Gasteiger partial charge < -0.3 is 15.5 Å². The Balaban J connectivity index is 3.41. The molecule has 0 aliphatic rings. The second-order valence-electron chi connectivity index (χ2n) is 22.9. The summed E-state index contributed by atoms with van der Waals surface area (Å²) < 4.78 is 0. The quantitative estimate of drug-likeness (QED) is 0.0420. The average molecular weight is 1010 g/mol. The van der Waals surface area contributed by atoms with Crippen molar-refractivity contribution in [1.82, 2.24) is 5.32 Å². The first-order valence-electron chi connectivity index (χ1n) is 33.2. The topological polar surface area (TPSA) is 69.6 Å². The Morgan fingerprint density at radius 2 is 0.569 bits per heavy atom. The molecule has 0 fully saturated rings. The van der Waals surface area contributed by atoms with E-state index in [1.165, 1.54) is 308 Å². The van der Waals surface area contributed by atoms with Gasteiger partial charge in [-0.15, -0.1) is 0 Å². The van der Waals surface area contributed by atoms with Gasteiger partial charge in [0.15, 0.2) is 0 Å². The zero-order valence-corrected chi connectivity index (χ0v) is 49.2. The summed E-state index contributed by atoms with van der Waals surface area (Å²) in [5.74, 6) is -0.0250. The van der Waals surface area contributed by atoms with E-state index in [4.69, 9.17) is 0 Å². The number of aliphatic hydroxyl groups is 2. The van der Waals surface area contributed by atoms with E-state index in [9.17, 15) is 15.0 Å². The molecule has 4 nitrogen and oxygen atoms in total. The van der Waals surface area contributed by atoms with Gasteiger partial charge in [0, 0.05) is 6.42 Å². The summed E-state index contributed by atoms with van der Waals surface area (Å²) in [6.45, 7) is 4.39. The van der Waals surface area contributed by atoms with Crippen LogP contribution in [0.3, 0.4) is 0 Å². The van der Waals surface area contributed by atoms with Crippen LogP contribution < -0.4 is 5.32 Å². The van der Waals surface area contributed by atoms with Crippen molar-refractivity contribution in [3.63, 3.8) is 0 Å². The summed E-state index contributed by atoms with van der Waals surface area (Å²) in [6.07, 6.45) is 87.5. The molecule has 0 radical (unpaired) electrons. The molecule has 2 unspecified atom stereocenters. The number of nitrogens with one attached hydrogen (secondary N) is 1. The molecule has 0 saturated carbocycles. The van der Waals surface area contributed by atoms with Crippen LogP contribution in [0.15, 0.2) is 36.5 Å². The fourth-order valence-corrected chi connectivity index (χ4v) is 10.6. The van der Waals surface area contributed by atoms with E-state index >= 15 is 0 Å². The fourth-order valence-electron chi connectivity index (χ4n) is 10.6. The second kappa shape index (κ2) is 63.9. The standard InChI is InChI=1S/C68H131NO3/c1-3-5-7-9-11-13-15-17-19-21-23-25-27-29-31-33-34-36-38-40-42-44-46-48-50-52-54-56-58-60-62-64-68(72)69-66(65-70)67(71)63-61-59-57-55-53-51-49-47-45-43-41-39-37-35-32-30-28-26-24-22-20-18-16-14-12-10-8-6-4-2/h15,17,21,23,27,29,66-67,70-71H,3-14,16,18-20,22,24-26,28,30-65H2,1-2H3,(H,69,72)/b17-15-,23-21-,29-27-. The van der Waals surface area contributed by atoms with Crippen molar-refractivity contribution < 1.29 is 15.0 Å². The number of amides is 1. The molecule has 72 heavy (non-hydrogen) atoms. The van der Waals surface area contributed by atoms with Gasteiger partial charge in [-0.2, -0.15) is 0 Å². The lowest BCUT2D eigenvalue weighted by molar-refractivity contribution is -0.123. The molecular weight excluding hydrogens is 879 g/mol. The van der Waals surface area contributed by atoms with Gasteiger partial charge in [-0.1, -0.05) is 352 Å². The molecule has 0 aliphatic heterocycles. The van der Waals surface area contributed by atoms with Gasteiger partial charge in [-0.25, -0.2) is 0 Å². The normalized spacial score (nSPS) is 12.9. The highest BCUT2D eigenvalue weighted by Gasteiger charge is 2.20. The van der Waals surface area contributed by atoms with Crippen LogP contribution in [0, 0.1) is 0 Å². The first-order valence-corrected chi connectivity index (χ1v) is 33.2. The monoisotopic (exact) mass is 1010 g/mol. The highest BCUT2D eigenvalue weighted by molar-refractivity contribution is 5.76. The van der Waals surface area contributed by atoms with E-state index < -0.39 is 12.1 Å². The van der Waals surface area contributed by atoms with Crippen molar-refractivity contribution in [2.45, 2.75) is 386 Å². The van der Waals surface area contributed by atoms with Gasteiger partial charge in [0.1, 0.15) is 0 Å². The van der Waals surface area contributed by atoms with Crippen molar-refractivity contribution in [3.8, 4) is 0 Å². The predicted octanol–water partition coefficient (Wildman–Crippen LogP) is 22.4. The van der Waals surface area contributed by atoms with Crippen LogP contribution in [0.2, 0.25) is 0 Å². The molecule has 0 aromatic heterocycles. The first kappa shape index (κ1) is 70.6. The molecule has 0 aromatic carbocycles. The van der Waals surface area contributed by atoms with Crippen molar-refractivity contribution in [1.29, 1.82) is 0 Å². The van der Waals surface area contributed by atoms with Crippen LogP contribution in [-0.2, 0) is 4.79 Å². The minimum atomic E-state index is -0.661. The molecular formula is C68H131NO3. The summed E-state index contributed by atoms with van der Waals surface area (Å²) >= 11 is 0. The number of hydrogen-bond acceptors (Lipinski definition) is 3. The Bertz CT molecular complexity index is 1100. The maximum atomic E-state index is 12.5. The number of hydrogen-bond donors (Lipinski definition) is 3. The highest BCUT2D eigenvalue weighted by atomic mass is 16.3. The molecule has 0 aliphatic carbocycles. The van der Waals surface area contributed by atoms with E-state index in [1.54, 1.807) is 0 Å². The number of carbonyl (C=O) groups is 1. The lowest BCUT2D eigenvalue weighted by Gasteiger charge is -2.22. The molecule has 0 saturated heterocycles. The molecule has 0 spiro atoms. The number of rotatable bonds is 62. The van der Waals surface area contributed by atoms with Gasteiger partial charge in [-0.05, 0) is 51.4 Å². The van der Waals surface area contributed by atoms with Crippen molar-refractivity contribution in [2.24, 2.45) is 0 Å². The SMILES string of the molecule is CCCCCCC/C=C\C/C=C\C/C=C\CCCCCCCCCCCCCCCCCCC(=O)NC(CO)C(O)CCCCCCCCCCCCCCCCCCCCCCCCCCCCCCC. The molecule has 0 rings (SSSR count). The zero-order valence-electron chi connectivity index (χ0n) is 49.2. The molecule has 0 heterocycles. The summed E-state index contributed by atoms with van der Waals surface area (Å²) in [5, 5.41) is 23.4. The highest BCUT2D eigenvalue weighted by Crippen LogP contribution is 2.19. The largest absolute Gasteiger partial charge is 0.394 e. The van der Waals surface area contributed by atoms with Crippen LogP contribution in [0.1, 0.15) is 373 Å². The first-order chi connectivity index (χ1) is 35.7. The number of allylic oxidation sites excluding steroid dienone is 6. The third-order valence-corrected chi connectivity index (χ3v) is 15.7. The molecule has 3 N–H and O–H groups in total. The van der Waals surface area contributed by atoms with E-state index in [0.29, 0.717) is 12.8 Å². The number of unbranched alkanes of at least 4 members (excludes halogenated alkanes) is 49. The van der Waals surface area contributed by atoms with Crippen molar-refractivity contribution >= 4 is 5.91 Å². The predicted molar refractivity (Wildman–Crippen MR) is 322 cm³/mol. The molecule has 2 atom stereocenters. The molecule has 1 amide bonds. The minimum absolute atomic E-state index is 0.0250. The maximum Gasteiger partial charge on any atom is 0.220 e. The van der Waals surface area contributed by atoms with Crippen LogP contribution in [0.25, 0.3) is 0 Å². The Kier molecular flexibility index (Phi) is 62.7. The number of carbonyl (C=O) groups excluding carboxylic acids is 1.